The van der Waals surface area contributed by atoms with Crippen LogP contribution in [0.15, 0.2) is 107 Å². The fourth-order valence-electron chi connectivity index (χ4n) is 5.34. The molecule has 6 rings (SSSR count). The lowest BCUT2D eigenvalue weighted by Crippen LogP contribution is -2.28. The number of hydrogen-bond acceptors (Lipinski definition) is 6. The highest BCUT2D eigenvalue weighted by atomic mass is 32.2. The standard InChI is InChI=1S/C34H30F3N7OS/c1-46(45)26-17-18-30-29(20-26)33(38-21-23-8-3-2-4-9-23)44(31(39-30)12-7-19-34(35,36)37)22-24-13-15-25(16-14-24)27-10-5-6-11-28(27)32-40-42-43-41-32/h2-6,8-11,13-18,20H,7,12,19,21-22H2,1H3,(H,40,41,42,43). The molecule has 1 unspecified atom stereocenters. The summed E-state index contributed by atoms with van der Waals surface area (Å²) >= 11 is 0. The van der Waals surface area contributed by atoms with Gasteiger partial charge >= 0.3 is 6.18 Å². The topological polar surface area (TPSA) is 102 Å². The Morgan fingerprint density at radius 3 is 2.33 bits per heavy atom. The van der Waals surface area contributed by atoms with Crippen LogP contribution >= 0.6 is 0 Å². The van der Waals surface area contributed by atoms with Crippen LogP contribution in [0, 0.1) is 0 Å². The van der Waals surface area contributed by atoms with Gasteiger partial charge in [0, 0.05) is 45.7 Å². The maximum absolute atomic E-state index is 13.2. The van der Waals surface area contributed by atoms with Crippen molar-refractivity contribution < 1.29 is 17.4 Å². The Hall–Kier alpha value is -4.97. The normalized spacial score (nSPS) is 12.9. The first-order valence-corrected chi connectivity index (χ1v) is 16.2. The van der Waals surface area contributed by atoms with Gasteiger partial charge in [-0.2, -0.15) is 18.4 Å². The van der Waals surface area contributed by atoms with Crippen LogP contribution < -0.4 is 5.49 Å². The second-order valence-corrected chi connectivity index (χ2v) is 12.2. The van der Waals surface area contributed by atoms with E-state index in [1.54, 1.807) is 18.4 Å². The van der Waals surface area contributed by atoms with E-state index in [1.165, 1.54) is 0 Å². The average Bonchev–Trinajstić information content (AvgIpc) is 3.60. The number of aromatic nitrogens is 6. The second-order valence-electron chi connectivity index (χ2n) is 10.8. The summed E-state index contributed by atoms with van der Waals surface area (Å²) in [5.74, 6) is 0.985. The molecule has 0 saturated heterocycles. The van der Waals surface area contributed by atoms with Gasteiger partial charge in [-0.05, 0) is 52.1 Å². The van der Waals surface area contributed by atoms with E-state index in [2.05, 4.69) is 20.6 Å². The number of H-pyrrole nitrogens is 1. The van der Waals surface area contributed by atoms with Crippen molar-refractivity contribution in [1.82, 2.24) is 30.2 Å². The minimum absolute atomic E-state index is 0.108. The van der Waals surface area contributed by atoms with E-state index in [1.807, 2.05) is 89.5 Å². The number of benzene rings is 4. The van der Waals surface area contributed by atoms with Crippen molar-refractivity contribution in [2.75, 3.05) is 6.26 Å². The molecule has 2 aromatic heterocycles. The molecule has 8 nitrogen and oxygen atoms in total. The lowest BCUT2D eigenvalue weighted by atomic mass is 9.98. The number of aromatic amines is 1. The Labute approximate surface area is 265 Å². The van der Waals surface area contributed by atoms with Gasteiger partial charge in [-0.3, -0.25) is 9.20 Å². The Morgan fingerprint density at radius 2 is 1.63 bits per heavy atom. The summed E-state index contributed by atoms with van der Waals surface area (Å²) in [6, 6.07) is 30.8. The second kappa shape index (κ2) is 13.6. The third kappa shape index (κ3) is 7.28. The zero-order chi connectivity index (χ0) is 32.1. The fraction of sp³-hybridized carbons (Fsp3) is 0.206. The van der Waals surface area contributed by atoms with E-state index in [0.717, 1.165) is 27.8 Å². The van der Waals surface area contributed by atoms with Crippen molar-refractivity contribution in [1.29, 1.82) is 0 Å². The number of tetrazole rings is 1. The van der Waals surface area contributed by atoms with Crippen LogP contribution in [-0.2, 0) is 30.3 Å². The molecule has 0 radical (unpaired) electrons. The molecule has 0 aliphatic carbocycles. The number of fused-ring (bicyclic) bond motifs is 1. The van der Waals surface area contributed by atoms with Gasteiger partial charge < -0.3 is 4.57 Å². The van der Waals surface area contributed by atoms with Crippen LogP contribution in [0.1, 0.15) is 29.8 Å². The maximum atomic E-state index is 13.2. The lowest BCUT2D eigenvalue weighted by molar-refractivity contribution is -0.135. The minimum atomic E-state index is -4.27. The molecule has 0 bridgehead atoms. The number of hydrogen-bond donors (Lipinski definition) is 1. The Balaban J connectivity index is 1.45. The lowest BCUT2D eigenvalue weighted by Gasteiger charge is -2.17. The molecule has 1 N–H and O–H groups in total. The highest BCUT2D eigenvalue weighted by molar-refractivity contribution is 7.84. The number of alkyl halides is 3. The van der Waals surface area contributed by atoms with Gasteiger partial charge in [0.25, 0.3) is 0 Å². The zero-order valence-corrected chi connectivity index (χ0v) is 25.7. The molecule has 0 aliphatic heterocycles. The summed E-state index contributed by atoms with van der Waals surface area (Å²) in [5.41, 5.74) is 5.77. The molecule has 2 heterocycles. The van der Waals surface area contributed by atoms with Crippen molar-refractivity contribution >= 4 is 21.7 Å². The van der Waals surface area contributed by atoms with E-state index >= 15 is 0 Å². The summed E-state index contributed by atoms with van der Waals surface area (Å²) in [6.45, 7) is 0.678. The molecule has 0 fully saturated rings. The maximum Gasteiger partial charge on any atom is 0.389 e. The van der Waals surface area contributed by atoms with Crippen LogP contribution in [0.4, 0.5) is 13.2 Å². The summed E-state index contributed by atoms with van der Waals surface area (Å²) in [4.78, 5) is 10.4. The third-order valence-electron chi connectivity index (χ3n) is 7.59. The third-order valence-corrected chi connectivity index (χ3v) is 8.51. The van der Waals surface area contributed by atoms with Crippen LogP contribution in [-0.4, -0.2) is 46.8 Å². The number of rotatable bonds is 10. The monoisotopic (exact) mass is 641 g/mol. The highest BCUT2D eigenvalue weighted by Gasteiger charge is 2.26. The van der Waals surface area contributed by atoms with Gasteiger partial charge in [0.05, 0.1) is 18.6 Å². The molecule has 0 spiro atoms. The number of nitrogens with zero attached hydrogens (tertiary/aromatic N) is 6. The molecule has 4 aromatic carbocycles. The van der Waals surface area contributed by atoms with Crippen molar-refractivity contribution in [3.8, 4) is 22.5 Å². The molecular weight excluding hydrogens is 611 g/mol. The first kappa shape index (κ1) is 31.0. The SMILES string of the molecule is CS(=O)c1ccc2nc(CCCC(F)(F)F)n(Cc3ccc(-c4ccccc4-c4nn[nH]n4)cc3)c(=NCc3ccccc3)c2c1. The molecule has 0 saturated carbocycles. The molecule has 1 atom stereocenters. The number of aryl methyl sites for hydroxylation is 1. The van der Waals surface area contributed by atoms with Gasteiger partial charge in [0.2, 0.25) is 5.82 Å². The molecule has 234 valence electrons. The fourth-order valence-corrected chi connectivity index (χ4v) is 5.88. The molecule has 0 aliphatic rings. The minimum Gasteiger partial charge on any atom is -0.310 e. The summed E-state index contributed by atoms with van der Waals surface area (Å²) in [6.07, 6.45) is -3.57. The van der Waals surface area contributed by atoms with Crippen molar-refractivity contribution in [2.24, 2.45) is 4.99 Å². The van der Waals surface area contributed by atoms with E-state index in [0.29, 0.717) is 46.0 Å². The first-order chi connectivity index (χ1) is 22.2. The summed E-state index contributed by atoms with van der Waals surface area (Å²) in [7, 11) is -1.25. The van der Waals surface area contributed by atoms with Crippen LogP contribution in [0.2, 0.25) is 0 Å². The van der Waals surface area contributed by atoms with Crippen molar-refractivity contribution in [3.05, 3.63) is 120 Å². The number of nitrogens with one attached hydrogen (secondary N) is 1. The molecule has 12 heteroatoms. The number of halogens is 3. The van der Waals surface area contributed by atoms with E-state index in [4.69, 9.17) is 9.98 Å². The Bertz CT molecular complexity index is 2040. The highest BCUT2D eigenvalue weighted by Crippen LogP contribution is 2.30. The van der Waals surface area contributed by atoms with E-state index in [9.17, 15) is 17.4 Å². The molecule has 6 aromatic rings. The predicted octanol–water partition coefficient (Wildman–Crippen LogP) is 6.66. The van der Waals surface area contributed by atoms with E-state index in [-0.39, 0.29) is 12.8 Å². The summed E-state index contributed by atoms with van der Waals surface area (Å²) in [5, 5.41) is 15.1. The zero-order valence-electron chi connectivity index (χ0n) is 24.9. The smallest absolute Gasteiger partial charge is 0.310 e. The van der Waals surface area contributed by atoms with Crippen LogP contribution in [0.25, 0.3) is 33.4 Å². The Kier molecular flexibility index (Phi) is 9.16. The van der Waals surface area contributed by atoms with E-state index < -0.39 is 23.4 Å². The van der Waals surface area contributed by atoms with Gasteiger partial charge in [0.1, 0.15) is 11.3 Å². The van der Waals surface area contributed by atoms with Gasteiger partial charge in [-0.15, -0.1) is 10.2 Å². The summed E-state index contributed by atoms with van der Waals surface area (Å²) < 4.78 is 53.9. The average molecular weight is 642 g/mol. The van der Waals surface area contributed by atoms with Crippen LogP contribution in [0.3, 0.4) is 0 Å². The van der Waals surface area contributed by atoms with Crippen LogP contribution in [0.5, 0.6) is 0 Å². The van der Waals surface area contributed by atoms with Gasteiger partial charge in [0.15, 0.2) is 0 Å². The van der Waals surface area contributed by atoms with Gasteiger partial charge in [-0.25, -0.2) is 4.98 Å². The molecule has 0 amide bonds. The first-order valence-electron chi connectivity index (χ1n) is 14.7. The predicted molar refractivity (Wildman–Crippen MR) is 171 cm³/mol. The van der Waals surface area contributed by atoms with Crippen molar-refractivity contribution in [3.63, 3.8) is 0 Å². The molecular formula is C34H30F3N7OS. The Morgan fingerprint density at radius 1 is 0.891 bits per heavy atom. The largest absolute Gasteiger partial charge is 0.389 e. The van der Waals surface area contributed by atoms with Crippen molar-refractivity contribution in [2.45, 2.75) is 43.4 Å². The quantitative estimate of drug-likeness (QED) is 0.180. The van der Waals surface area contributed by atoms with Gasteiger partial charge in [-0.1, -0.05) is 78.9 Å². The molecule has 46 heavy (non-hydrogen) atoms.